The van der Waals surface area contributed by atoms with Crippen molar-refractivity contribution < 1.29 is 4.74 Å². The predicted octanol–water partition coefficient (Wildman–Crippen LogP) is 2.77. The maximum atomic E-state index is 5.41. The summed E-state index contributed by atoms with van der Waals surface area (Å²) >= 11 is 0. The van der Waals surface area contributed by atoms with E-state index in [4.69, 9.17) is 4.74 Å². The SMILES string of the molecule is CN=C(NCC1CCOC1)NC1CC1C1CCCCC1.I. The van der Waals surface area contributed by atoms with Gasteiger partial charge in [-0.25, -0.2) is 0 Å². The summed E-state index contributed by atoms with van der Waals surface area (Å²) in [5, 5.41) is 7.08. The molecule has 0 radical (unpaired) electrons. The number of halogens is 1. The van der Waals surface area contributed by atoms with Gasteiger partial charge < -0.3 is 15.4 Å². The van der Waals surface area contributed by atoms with Crippen LogP contribution in [0.4, 0.5) is 0 Å². The van der Waals surface area contributed by atoms with Gasteiger partial charge in [-0.05, 0) is 24.7 Å². The Balaban J connectivity index is 0.00000161. The first-order chi connectivity index (χ1) is 9.86. The van der Waals surface area contributed by atoms with E-state index in [-0.39, 0.29) is 24.0 Å². The number of rotatable bonds is 4. The van der Waals surface area contributed by atoms with Crippen molar-refractivity contribution in [3.05, 3.63) is 0 Å². The molecule has 3 rings (SSSR count). The van der Waals surface area contributed by atoms with Crippen molar-refractivity contribution in [2.45, 2.75) is 51.0 Å². The van der Waals surface area contributed by atoms with Gasteiger partial charge in [0.25, 0.3) is 0 Å². The second-order valence-corrected chi connectivity index (χ2v) is 6.73. The summed E-state index contributed by atoms with van der Waals surface area (Å²) in [6, 6.07) is 0.670. The maximum Gasteiger partial charge on any atom is 0.191 e. The topological polar surface area (TPSA) is 45.7 Å². The molecule has 3 unspecified atom stereocenters. The highest BCUT2D eigenvalue weighted by atomic mass is 127. The fraction of sp³-hybridized carbons (Fsp3) is 0.938. The van der Waals surface area contributed by atoms with Gasteiger partial charge in [0.2, 0.25) is 0 Å². The second-order valence-electron chi connectivity index (χ2n) is 6.73. The average molecular weight is 407 g/mol. The molecular weight excluding hydrogens is 377 g/mol. The van der Waals surface area contributed by atoms with Crippen LogP contribution in [0.5, 0.6) is 0 Å². The number of nitrogens with one attached hydrogen (secondary N) is 2. The normalized spacial score (nSPS) is 33.4. The highest BCUT2D eigenvalue weighted by Crippen LogP contribution is 2.44. The van der Waals surface area contributed by atoms with Crippen LogP contribution in [0.3, 0.4) is 0 Å². The molecule has 3 fully saturated rings. The number of hydrogen-bond donors (Lipinski definition) is 2. The third kappa shape index (κ3) is 4.98. The van der Waals surface area contributed by atoms with Crippen LogP contribution in [0.25, 0.3) is 0 Å². The molecule has 1 saturated heterocycles. The predicted molar refractivity (Wildman–Crippen MR) is 97.3 cm³/mol. The van der Waals surface area contributed by atoms with E-state index in [1.807, 2.05) is 7.05 Å². The van der Waals surface area contributed by atoms with Gasteiger partial charge in [0.1, 0.15) is 0 Å². The number of guanidine groups is 1. The van der Waals surface area contributed by atoms with Gasteiger partial charge in [-0.3, -0.25) is 4.99 Å². The van der Waals surface area contributed by atoms with Crippen LogP contribution in [0.1, 0.15) is 44.9 Å². The molecule has 0 aromatic heterocycles. The van der Waals surface area contributed by atoms with E-state index in [9.17, 15) is 0 Å². The maximum absolute atomic E-state index is 5.41. The molecule has 0 aromatic carbocycles. The Hall–Kier alpha value is -0.0400. The summed E-state index contributed by atoms with van der Waals surface area (Å²) in [4.78, 5) is 4.36. The summed E-state index contributed by atoms with van der Waals surface area (Å²) in [5.41, 5.74) is 0. The monoisotopic (exact) mass is 407 g/mol. The van der Waals surface area contributed by atoms with Gasteiger partial charge in [-0.1, -0.05) is 32.1 Å². The molecule has 1 heterocycles. The van der Waals surface area contributed by atoms with Crippen molar-refractivity contribution in [1.82, 2.24) is 10.6 Å². The largest absolute Gasteiger partial charge is 0.381 e. The zero-order valence-electron chi connectivity index (χ0n) is 13.1. The Morgan fingerprint density at radius 1 is 1.19 bits per heavy atom. The quantitative estimate of drug-likeness (QED) is 0.428. The summed E-state index contributed by atoms with van der Waals surface area (Å²) in [6.45, 7) is 2.81. The Bertz CT molecular complexity index is 338. The van der Waals surface area contributed by atoms with Crippen molar-refractivity contribution >= 4 is 29.9 Å². The van der Waals surface area contributed by atoms with Crippen LogP contribution in [0.15, 0.2) is 4.99 Å². The number of ether oxygens (including phenoxy) is 1. The number of nitrogens with zero attached hydrogens (tertiary/aromatic N) is 1. The number of aliphatic imine (C=N–C) groups is 1. The highest BCUT2D eigenvalue weighted by molar-refractivity contribution is 14.0. The smallest absolute Gasteiger partial charge is 0.191 e. The Labute approximate surface area is 145 Å². The van der Waals surface area contributed by atoms with Crippen LogP contribution in [-0.4, -0.2) is 38.8 Å². The van der Waals surface area contributed by atoms with E-state index in [0.29, 0.717) is 12.0 Å². The zero-order valence-corrected chi connectivity index (χ0v) is 15.5. The van der Waals surface area contributed by atoms with E-state index < -0.39 is 0 Å². The summed E-state index contributed by atoms with van der Waals surface area (Å²) in [5.74, 6) is 3.52. The Morgan fingerprint density at radius 3 is 2.67 bits per heavy atom. The summed E-state index contributed by atoms with van der Waals surface area (Å²) in [7, 11) is 1.87. The Morgan fingerprint density at radius 2 is 2.00 bits per heavy atom. The lowest BCUT2D eigenvalue weighted by molar-refractivity contribution is 0.186. The van der Waals surface area contributed by atoms with Crippen LogP contribution in [-0.2, 0) is 4.74 Å². The first-order valence-electron chi connectivity index (χ1n) is 8.41. The molecular formula is C16H30IN3O. The lowest BCUT2D eigenvalue weighted by Crippen LogP contribution is -2.41. The fourth-order valence-electron chi connectivity index (χ4n) is 3.82. The molecule has 0 spiro atoms. The van der Waals surface area contributed by atoms with E-state index in [1.165, 1.54) is 44.9 Å². The van der Waals surface area contributed by atoms with Gasteiger partial charge in [0.05, 0.1) is 6.61 Å². The third-order valence-corrected chi connectivity index (χ3v) is 5.22. The van der Waals surface area contributed by atoms with Crippen molar-refractivity contribution in [1.29, 1.82) is 0 Å². The molecule has 122 valence electrons. The Kier molecular flexibility index (Phi) is 7.05. The molecule has 1 aliphatic heterocycles. The average Bonchev–Trinajstić information content (AvgIpc) is 3.06. The van der Waals surface area contributed by atoms with Gasteiger partial charge in [-0.15, -0.1) is 24.0 Å². The zero-order chi connectivity index (χ0) is 13.8. The molecule has 3 aliphatic rings. The van der Waals surface area contributed by atoms with Crippen LogP contribution in [0, 0.1) is 17.8 Å². The molecule has 2 N–H and O–H groups in total. The van der Waals surface area contributed by atoms with Crippen molar-refractivity contribution in [3.8, 4) is 0 Å². The molecule has 3 atom stereocenters. The van der Waals surface area contributed by atoms with Gasteiger partial charge in [0.15, 0.2) is 5.96 Å². The molecule has 0 amide bonds. The minimum atomic E-state index is 0. The minimum absolute atomic E-state index is 0. The van der Waals surface area contributed by atoms with Crippen LogP contribution in [0.2, 0.25) is 0 Å². The van der Waals surface area contributed by atoms with Crippen molar-refractivity contribution in [2.75, 3.05) is 26.8 Å². The first kappa shape index (κ1) is 17.3. The van der Waals surface area contributed by atoms with Gasteiger partial charge in [0, 0.05) is 32.2 Å². The molecule has 5 heteroatoms. The van der Waals surface area contributed by atoms with Gasteiger partial charge >= 0.3 is 0 Å². The first-order valence-corrected chi connectivity index (χ1v) is 8.41. The van der Waals surface area contributed by atoms with Crippen molar-refractivity contribution in [2.24, 2.45) is 22.7 Å². The van der Waals surface area contributed by atoms with E-state index in [0.717, 1.165) is 37.6 Å². The molecule has 21 heavy (non-hydrogen) atoms. The lowest BCUT2D eigenvalue weighted by Gasteiger charge is -2.22. The molecule has 2 saturated carbocycles. The highest BCUT2D eigenvalue weighted by Gasteiger charge is 2.43. The fourth-order valence-corrected chi connectivity index (χ4v) is 3.82. The summed E-state index contributed by atoms with van der Waals surface area (Å²) < 4.78 is 5.41. The number of hydrogen-bond acceptors (Lipinski definition) is 2. The summed E-state index contributed by atoms with van der Waals surface area (Å²) in [6.07, 6.45) is 9.78. The second kappa shape index (κ2) is 8.56. The van der Waals surface area contributed by atoms with E-state index >= 15 is 0 Å². The molecule has 2 aliphatic carbocycles. The standard InChI is InChI=1S/C16H29N3O.HI/c1-17-16(18-10-12-7-8-20-11-12)19-15-9-14(15)13-5-3-2-4-6-13;/h12-15H,2-11H2,1H3,(H2,17,18,19);1H. The molecule has 4 nitrogen and oxygen atoms in total. The minimum Gasteiger partial charge on any atom is -0.381 e. The van der Waals surface area contributed by atoms with Crippen LogP contribution >= 0.6 is 24.0 Å². The van der Waals surface area contributed by atoms with E-state index in [1.54, 1.807) is 0 Å². The van der Waals surface area contributed by atoms with E-state index in [2.05, 4.69) is 15.6 Å². The molecule has 0 aromatic rings. The lowest BCUT2D eigenvalue weighted by atomic mass is 9.85. The molecule has 0 bridgehead atoms. The van der Waals surface area contributed by atoms with Crippen molar-refractivity contribution in [3.63, 3.8) is 0 Å². The third-order valence-electron chi connectivity index (χ3n) is 5.22. The van der Waals surface area contributed by atoms with Gasteiger partial charge in [-0.2, -0.15) is 0 Å². The van der Waals surface area contributed by atoms with Crippen LogP contribution < -0.4 is 10.6 Å².